The maximum Gasteiger partial charge on any atom is 0.245 e. The minimum atomic E-state index is -0.360. The second kappa shape index (κ2) is 5.69. The van der Waals surface area contributed by atoms with Crippen molar-refractivity contribution in [3.63, 3.8) is 0 Å². The van der Waals surface area contributed by atoms with Crippen LogP contribution in [0.3, 0.4) is 0 Å². The first-order chi connectivity index (χ1) is 10.1. The van der Waals surface area contributed by atoms with Crippen LogP contribution in [0.1, 0.15) is 12.6 Å². The number of amides is 1. The Balaban J connectivity index is 1.72. The van der Waals surface area contributed by atoms with E-state index in [0.29, 0.717) is 32.3 Å². The Kier molecular flexibility index (Phi) is 3.74. The summed E-state index contributed by atoms with van der Waals surface area (Å²) >= 11 is 0. The Labute approximate surface area is 122 Å². The van der Waals surface area contributed by atoms with Crippen LogP contribution in [-0.2, 0) is 9.53 Å². The van der Waals surface area contributed by atoms with E-state index in [1.165, 1.54) is 0 Å². The topological polar surface area (TPSA) is 71.8 Å². The summed E-state index contributed by atoms with van der Waals surface area (Å²) in [6.07, 6.45) is 0. The van der Waals surface area contributed by atoms with Crippen molar-refractivity contribution in [2.24, 2.45) is 0 Å². The quantitative estimate of drug-likeness (QED) is 0.900. The van der Waals surface area contributed by atoms with Crippen LogP contribution in [-0.4, -0.2) is 57.8 Å². The number of aryl methyl sites for hydroxylation is 1. The van der Waals surface area contributed by atoms with Crippen molar-refractivity contribution in [3.8, 4) is 0 Å². The SMILES string of the molecule is Cc1cccc2nc(NC(C)C(=O)N3CCOCC3)nn12. The lowest BCUT2D eigenvalue weighted by Crippen LogP contribution is -2.47. The number of hydrogen-bond acceptors (Lipinski definition) is 5. The summed E-state index contributed by atoms with van der Waals surface area (Å²) in [5.74, 6) is 0.521. The molecule has 0 aliphatic carbocycles. The van der Waals surface area contributed by atoms with Crippen LogP contribution < -0.4 is 5.32 Å². The standard InChI is InChI=1S/C14H19N5O2/c1-10-4-3-5-12-16-14(17-19(10)12)15-11(2)13(20)18-6-8-21-9-7-18/h3-5,11H,6-9H2,1-2H3,(H,15,17). The predicted molar refractivity (Wildman–Crippen MR) is 78.2 cm³/mol. The third kappa shape index (κ3) is 2.82. The number of pyridine rings is 1. The van der Waals surface area contributed by atoms with Gasteiger partial charge >= 0.3 is 0 Å². The van der Waals surface area contributed by atoms with E-state index in [4.69, 9.17) is 4.74 Å². The van der Waals surface area contributed by atoms with Crippen LogP contribution in [0.25, 0.3) is 5.65 Å². The highest BCUT2D eigenvalue weighted by Crippen LogP contribution is 2.10. The largest absolute Gasteiger partial charge is 0.378 e. The molecule has 7 nitrogen and oxygen atoms in total. The molecule has 1 saturated heterocycles. The summed E-state index contributed by atoms with van der Waals surface area (Å²) in [6.45, 7) is 6.28. The van der Waals surface area contributed by atoms with Crippen LogP contribution in [0.15, 0.2) is 18.2 Å². The fraction of sp³-hybridized carbons (Fsp3) is 0.500. The fourth-order valence-electron chi connectivity index (χ4n) is 2.41. The Morgan fingerprint density at radius 3 is 2.86 bits per heavy atom. The smallest absolute Gasteiger partial charge is 0.245 e. The Morgan fingerprint density at radius 1 is 1.38 bits per heavy atom. The first-order valence-electron chi connectivity index (χ1n) is 7.10. The van der Waals surface area contributed by atoms with Crippen LogP contribution in [0.2, 0.25) is 0 Å². The van der Waals surface area contributed by atoms with E-state index in [2.05, 4.69) is 15.4 Å². The highest BCUT2D eigenvalue weighted by molar-refractivity contribution is 5.84. The van der Waals surface area contributed by atoms with Crippen LogP contribution in [0, 0.1) is 6.92 Å². The van der Waals surface area contributed by atoms with Crippen molar-refractivity contribution in [1.29, 1.82) is 0 Å². The molecule has 1 aliphatic heterocycles. The van der Waals surface area contributed by atoms with Gasteiger partial charge in [-0.1, -0.05) is 6.07 Å². The van der Waals surface area contributed by atoms with Crippen LogP contribution in [0.5, 0.6) is 0 Å². The lowest BCUT2D eigenvalue weighted by Gasteiger charge is -2.29. The van der Waals surface area contributed by atoms with Gasteiger partial charge < -0.3 is 15.0 Å². The molecule has 0 aromatic carbocycles. The predicted octanol–water partition coefficient (Wildman–Crippen LogP) is 0.697. The number of nitrogens with one attached hydrogen (secondary N) is 1. The van der Waals surface area contributed by atoms with E-state index in [9.17, 15) is 4.79 Å². The fourth-order valence-corrected chi connectivity index (χ4v) is 2.41. The highest BCUT2D eigenvalue weighted by Gasteiger charge is 2.23. The molecule has 1 fully saturated rings. The molecule has 112 valence electrons. The molecular formula is C14H19N5O2. The maximum absolute atomic E-state index is 12.3. The molecule has 7 heteroatoms. The molecular weight excluding hydrogens is 270 g/mol. The monoisotopic (exact) mass is 289 g/mol. The van der Waals surface area contributed by atoms with Gasteiger partial charge in [-0.25, -0.2) is 4.52 Å². The summed E-state index contributed by atoms with van der Waals surface area (Å²) in [6, 6.07) is 5.43. The lowest BCUT2D eigenvalue weighted by atomic mass is 10.2. The molecule has 1 aliphatic rings. The average Bonchev–Trinajstić information content (AvgIpc) is 2.91. The Morgan fingerprint density at radius 2 is 2.14 bits per heavy atom. The molecule has 1 unspecified atom stereocenters. The number of fused-ring (bicyclic) bond motifs is 1. The first kappa shape index (κ1) is 13.8. The van der Waals surface area contributed by atoms with E-state index >= 15 is 0 Å². The molecule has 0 spiro atoms. The lowest BCUT2D eigenvalue weighted by molar-refractivity contribution is -0.135. The third-order valence-corrected chi connectivity index (χ3v) is 3.59. The van der Waals surface area contributed by atoms with E-state index in [1.54, 1.807) is 4.52 Å². The van der Waals surface area contributed by atoms with E-state index in [1.807, 2.05) is 36.9 Å². The van der Waals surface area contributed by atoms with E-state index in [-0.39, 0.29) is 11.9 Å². The van der Waals surface area contributed by atoms with Crippen molar-refractivity contribution in [2.75, 3.05) is 31.6 Å². The number of rotatable bonds is 3. The molecule has 0 bridgehead atoms. The molecule has 1 amide bonds. The summed E-state index contributed by atoms with van der Waals surface area (Å²) < 4.78 is 7.02. The van der Waals surface area contributed by atoms with Gasteiger partial charge in [-0.05, 0) is 26.0 Å². The van der Waals surface area contributed by atoms with Gasteiger partial charge in [0.25, 0.3) is 0 Å². The molecule has 0 radical (unpaired) electrons. The van der Waals surface area contributed by atoms with Gasteiger partial charge in [0, 0.05) is 18.8 Å². The van der Waals surface area contributed by atoms with Crippen molar-refractivity contribution in [1.82, 2.24) is 19.5 Å². The van der Waals surface area contributed by atoms with Gasteiger partial charge in [-0.2, -0.15) is 4.98 Å². The maximum atomic E-state index is 12.3. The first-order valence-corrected chi connectivity index (χ1v) is 7.10. The number of aromatic nitrogens is 3. The molecule has 21 heavy (non-hydrogen) atoms. The third-order valence-electron chi connectivity index (χ3n) is 3.59. The second-order valence-electron chi connectivity index (χ2n) is 5.18. The number of hydrogen-bond donors (Lipinski definition) is 1. The molecule has 3 rings (SSSR count). The number of ether oxygens (including phenoxy) is 1. The van der Waals surface area contributed by atoms with Crippen LogP contribution >= 0.6 is 0 Å². The summed E-state index contributed by atoms with van der Waals surface area (Å²) in [7, 11) is 0. The molecule has 1 atom stereocenters. The van der Waals surface area contributed by atoms with Gasteiger partial charge in [0.15, 0.2) is 5.65 Å². The molecule has 0 saturated carbocycles. The number of carbonyl (C=O) groups is 1. The Hall–Kier alpha value is -2.15. The summed E-state index contributed by atoms with van der Waals surface area (Å²) in [5, 5.41) is 7.46. The second-order valence-corrected chi connectivity index (χ2v) is 5.18. The van der Waals surface area contributed by atoms with E-state index in [0.717, 1.165) is 11.3 Å². The highest BCUT2D eigenvalue weighted by atomic mass is 16.5. The summed E-state index contributed by atoms with van der Waals surface area (Å²) in [5.41, 5.74) is 1.77. The minimum Gasteiger partial charge on any atom is -0.378 e. The van der Waals surface area contributed by atoms with Crippen molar-refractivity contribution in [2.45, 2.75) is 19.9 Å². The molecule has 2 aromatic rings. The van der Waals surface area contributed by atoms with Crippen molar-refractivity contribution >= 4 is 17.5 Å². The summed E-state index contributed by atoms with van der Waals surface area (Å²) in [4.78, 5) is 18.5. The van der Waals surface area contributed by atoms with Crippen LogP contribution in [0.4, 0.5) is 5.95 Å². The Bertz CT molecular complexity index is 648. The van der Waals surface area contributed by atoms with E-state index < -0.39 is 0 Å². The van der Waals surface area contributed by atoms with Crippen molar-refractivity contribution in [3.05, 3.63) is 23.9 Å². The number of morpholine rings is 1. The van der Waals surface area contributed by atoms with Gasteiger partial charge in [0.1, 0.15) is 6.04 Å². The average molecular weight is 289 g/mol. The zero-order valence-electron chi connectivity index (χ0n) is 12.2. The van der Waals surface area contributed by atoms with Crippen molar-refractivity contribution < 1.29 is 9.53 Å². The molecule has 3 heterocycles. The van der Waals surface area contributed by atoms with Gasteiger partial charge in [-0.3, -0.25) is 4.79 Å². The van der Waals surface area contributed by atoms with Gasteiger partial charge in [0.2, 0.25) is 11.9 Å². The van der Waals surface area contributed by atoms with Gasteiger partial charge in [0.05, 0.1) is 13.2 Å². The zero-order chi connectivity index (χ0) is 14.8. The van der Waals surface area contributed by atoms with Gasteiger partial charge in [-0.15, -0.1) is 5.10 Å². The minimum absolute atomic E-state index is 0.0499. The normalized spacial score (nSPS) is 17.0. The molecule has 2 aromatic heterocycles. The zero-order valence-corrected chi connectivity index (χ0v) is 12.2. The number of carbonyl (C=O) groups excluding carboxylic acids is 1. The number of nitrogens with zero attached hydrogens (tertiary/aromatic N) is 4. The molecule has 1 N–H and O–H groups in total. The number of anilines is 1.